The second kappa shape index (κ2) is 7.37. The third-order valence-electron chi connectivity index (χ3n) is 2.64. The van der Waals surface area contributed by atoms with E-state index in [4.69, 9.17) is 9.84 Å². The van der Waals surface area contributed by atoms with E-state index in [0.29, 0.717) is 11.3 Å². The van der Waals surface area contributed by atoms with Gasteiger partial charge in [0.25, 0.3) is 12.3 Å². The Labute approximate surface area is 120 Å². The zero-order valence-corrected chi connectivity index (χ0v) is 11.5. The van der Waals surface area contributed by atoms with Gasteiger partial charge in [0.2, 0.25) is 0 Å². The standard InChI is InChI=1S/C14H15F2NO4/c1-17(8-12(15)16)14(20)10-3-5-11(21-2)9(7-10)4-6-13(18)19/h3-7,12H,8H2,1-2H3,(H,18,19)/b6-4+. The molecule has 7 heteroatoms. The molecule has 21 heavy (non-hydrogen) atoms. The average molecular weight is 299 g/mol. The summed E-state index contributed by atoms with van der Waals surface area (Å²) >= 11 is 0. The molecule has 1 rings (SSSR count). The first-order chi connectivity index (χ1) is 9.85. The van der Waals surface area contributed by atoms with Crippen molar-refractivity contribution in [3.63, 3.8) is 0 Å². The van der Waals surface area contributed by atoms with Crippen molar-refractivity contribution < 1.29 is 28.2 Å². The molecule has 1 amide bonds. The van der Waals surface area contributed by atoms with E-state index in [0.717, 1.165) is 11.0 Å². The molecule has 0 saturated heterocycles. The number of carbonyl (C=O) groups is 2. The van der Waals surface area contributed by atoms with Crippen LogP contribution in [0.15, 0.2) is 24.3 Å². The fourth-order valence-corrected chi connectivity index (χ4v) is 1.67. The number of rotatable bonds is 6. The third kappa shape index (κ3) is 4.87. The summed E-state index contributed by atoms with van der Waals surface area (Å²) in [6.45, 7) is -0.675. The minimum absolute atomic E-state index is 0.170. The number of methoxy groups -OCH3 is 1. The van der Waals surface area contributed by atoms with Gasteiger partial charge < -0.3 is 14.7 Å². The monoisotopic (exact) mass is 299 g/mol. The van der Waals surface area contributed by atoms with E-state index in [-0.39, 0.29) is 5.56 Å². The van der Waals surface area contributed by atoms with Crippen LogP contribution in [0.3, 0.4) is 0 Å². The van der Waals surface area contributed by atoms with Crippen LogP contribution in [0.4, 0.5) is 8.78 Å². The molecule has 0 unspecified atom stereocenters. The number of ether oxygens (including phenoxy) is 1. The highest BCUT2D eigenvalue weighted by Crippen LogP contribution is 2.22. The van der Waals surface area contributed by atoms with Crippen molar-refractivity contribution >= 4 is 18.0 Å². The van der Waals surface area contributed by atoms with Crippen LogP contribution in [-0.2, 0) is 4.79 Å². The topological polar surface area (TPSA) is 66.8 Å². The van der Waals surface area contributed by atoms with Gasteiger partial charge >= 0.3 is 5.97 Å². The van der Waals surface area contributed by atoms with Crippen molar-refractivity contribution in [2.45, 2.75) is 6.43 Å². The molecule has 1 aromatic carbocycles. The van der Waals surface area contributed by atoms with Crippen molar-refractivity contribution in [2.24, 2.45) is 0 Å². The molecule has 114 valence electrons. The number of benzene rings is 1. The molecule has 5 nitrogen and oxygen atoms in total. The Kier molecular flexibility index (Phi) is 5.83. The van der Waals surface area contributed by atoms with Crippen LogP contribution in [-0.4, -0.2) is 49.0 Å². The summed E-state index contributed by atoms with van der Waals surface area (Å²) in [6.07, 6.45) is -0.455. The van der Waals surface area contributed by atoms with E-state index in [1.54, 1.807) is 0 Å². The van der Waals surface area contributed by atoms with Gasteiger partial charge in [-0.15, -0.1) is 0 Å². The van der Waals surface area contributed by atoms with E-state index >= 15 is 0 Å². The first kappa shape index (κ1) is 16.6. The third-order valence-corrected chi connectivity index (χ3v) is 2.64. The lowest BCUT2D eigenvalue weighted by Crippen LogP contribution is -2.31. The summed E-state index contributed by atoms with van der Waals surface area (Å²) in [6, 6.07) is 4.30. The molecule has 0 aliphatic carbocycles. The molecular formula is C14H15F2NO4. The number of aliphatic carboxylic acids is 1. The second-order valence-corrected chi connectivity index (χ2v) is 4.21. The SMILES string of the molecule is COc1ccc(C(=O)N(C)CC(F)F)cc1/C=C/C(=O)O. The molecule has 0 atom stereocenters. The summed E-state index contributed by atoms with van der Waals surface area (Å²) in [5, 5.41) is 8.62. The first-order valence-electron chi connectivity index (χ1n) is 5.97. The highest BCUT2D eigenvalue weighted by atomic mass is 19.3. The molecule has 0 heterocycles. The van der Waals surface area contributed by atoms with E-state index < -0.39 is 24.8 Å². The summed E-state index contributed by atoms with van der Waals surface area (Å²) in [7, 11) is 2.67. The minimum Gasteiger partial charge on any atom is -0.496 e. The molecular weight excluding hydrogens is 284 g/mol. The van der Waals surface area contributed by atoms with Gasteiger partial charge in [0.05, 0.1) is 13.7 Å². The number of hydrogen-bond donors (Lipinski definition) is 1. The lowest BCUT2D eigenvalue weighted by Gasteiger charge is -2.17. The Balaban J connectivity index is 3.07. The van der Waals surface area contributed by atoms with Gasteiger partial charge in [-0.25, -0.2) is 13.6 Å². The van der Waals surface area contributed by atoms with Crippen LogP contribution in [0.2, 0.25) is 0 Å². The van der Waals surface area contributed by atoms with Crippen LogP contribution in [0.5, 0.6) is 5.75 Å². The van der Waals surface area contributed by atoms with E-state index in [1.807, 2.05) is 0 Å². The largest absolute Gasteiger partial charge is 0.496 e. The Hall–Kier alpha value is -2.44. The van der Waals surface area contributed by atoms with Crippen molar-refractivity contribution in [1.82, 2.24) is 4.90 Å². The highest BCUT2D eigenvalue weighted by molar-refractivity contribution is 5.95. The summed E-state index contributed by atoms with van der Waals surface area (Å²) in [5.41, 5.74) is 0.542. The Morgan fingerprint density at radius 3 is 2.62 bits per heavy atom. The maximum absolute atomic E-state index is 12.3. The average Bonchev–Trinajstić information content (AvgIpc) is 2.43. The zero-order chi connectivity index (χ0) is 16.0. The number of carboxylic acids is 1. The highest BCUT2D eigenvalue weighted by Gasteiger charge is 2.17. The second-order valence-electron chi connectivity index (χ2n) is 4.21. The fourth-order valence-electron chi connectivity index (χ4n) is 1.67. The minimum atomic E-state index is -2.62. The number of alkyl halides is 2. The summed E-state index contributed by atoms with van der Waals surface area (Å²) < 4.78 is 29.6. The van der Waals surface area contributed by atoms with Gasteiger partial charge in [0.1, 0.15) is 5.75 Å². The van der Waals surface area contributed by atoms with Gasteiger partial charge in [-0.3, -0.25) is 4.79 Å². The smallest absolute Gasteiger partial charge is 0.328 e. The molecule has 0 aliphatic heterocycles. The van der Waals surface area contributed by atoms with Crippen molar-refractivity contribution in [1.29, 1.82) is 0 Å². The predicted molar refractivity (Wildman–Crippen MR) is 72.6 cm³/mol. The van der Waals surface area contributed by atoms with Crippen LogP contribution in [0.1, 0.15) is 15.9 Å². The van der Waals surface area contributed by atoms with E-state index in [2.05, 4.69) is 0 Å². The number of halogens is 2. The molecule has 0 spiro atoms. The number of nitrogens with zero attached hydrogens (tertiary/aromatic N) is 1. The summed E-state index contributed by atoms with van der Waals surface area (Å²) in [4.78, 5) is 23.4. The van der Waals surface area contributed by atoms with Gasteiger partial charge in [-0.2, -0.15) is 0 Å². The van der Waals surface area contributed by atoms with Crippen LogP contribution in [0, 0.1) is 0 Å². The Morgan fingerprint density at radius 2 is 2.10 bits per heavy atom. The van der Waals surface area contributed by atoms with Gasteiger partial charge in [0.15, 0.2) is 0 Å². The number of carboxylic acid groups (broad SMARTS) is 1. The predicted octanol–water partition coefficient (Wildman–Crippen LogP) is 2.13. The van der Waals surface area contributed by atoms with E-state index in [1.165, 1.54) is 38.4 Å². The Morgan fingerprint density at radius 1 is 1.43 bits per heavy atom. The quantitative estimate of drug-likeness (QED) is 0.817. The molecule has 0 bridgehead atoms. The molecule has 0 fully saturated rings. The van der Waals surface area contributed by atoms with Crippen LogP contribution < -0.4 is 4.74 Å². The molecule has 0 aliphatic rings. The van der Waals surface area contributed by atoms with Crippen molar-refractivity contribution in [2.75, 3.05) is 20.7 Å². The van der Waals surface area contributed by atoms with Crippen LogP contribution in [0.25, 0.3) is 6.08 Å². The van der Waals surface area contributed by atoms with Gasteiger partial charge in [-0.1, -0.05) is 0 Å². The fraction of sp³-hybridized carbons (Fsp3) is 0.286. The van der Waals surface area contributed by atoms with Crippen molar-refractivity contribution in [3.8, 4) is 5.75 Å². The molecule has 0 saturated carbocycles. The Bertz CT molecular complexity index is 558. The molecule has 1 aromatic rings. The number of hydrogen-bond acceptors (Lipinski definition) is 3. The van der Waals surface area contributed by atoms with E-state index in [9.17, 15) is 18.4 Å². The number of amides is 1. The maximum atomic E-state index is 12.3. The summed E-state index contributed by atoms with van der Waals surface area (Å²) in [5.74, 6) is -1.35. The van der Waals surface area contributed by atoms with Gasteiger partial charge in [0, 0.05) is 24.3 Å². The molecule has 0 radical (unpaired) electrons. The zero-order valence-electron chi connectivity index (χ0n) is 11.5. The maximum Gasteiger partial charge on any atom is 0.328 e. The first-order valence-corrected chi connectivity index (χ1v) is 5.97. The van der Waals surface area contributed by atoms with Gasteiger partial charge in [-0.05, 0) is 24.3 Å². The molecule has 1 N–H and O–H groups in total. The lowest BCUT2D eigenvalue weighted by atomic mass is 10.1. The normalized spacial score (nSPS) is 10.9. The number of carbonyl (C=O) groups excluding carboxylic acids is 1. The van der Waals surface area contributed by atoms with Crippen molar-refractivity contribution in [3.05, 3.63) is 35.4 Å². The van der Waals surface area contributed by atoms with Crippen LogP contribution >= 0.6 is 0 Å². The lowest BCUT2D eigenvalue weighted by molar-refractivity contribution is -0.131. The molecule has 0 aromatic heterocycles.